The van der Waals surface area contributed by atoms with E-state index in [4.69, 9.17) is 0 Å². The van der Waals surface area contributed by atoms with E-state index in [9.17, 15) is 22.8 Å². The van der Waals surface area contributed by atoms with Crippen molar-refractivity contribution in [1.29, 1.82) is 0 Å². The minimum atomic E-state index is -4.43. The molecule has 130 valence electrons. The van der Waals surface area contributed by atoms with Crippen molar-refractivity contribution in [2.24, 2.45) is 0 Å². The molecule has 4 nitrogen and oxygen atoms in total. The number of carbonyl (C=O) groups excluding carboxylic acids is 2. The van der Waals surface area contributed by atoms with Crippen LogP contribution in [0.4, 0.5) is 18.0 Å². The Morgan fingerprint density at radius 2 is 1.60 bits per heavy atom. The molecule has 3 amide bonds. The number of hydrogen-bond donors (Lipinski definition) is 1. The fraction of sp³-hybridized carbons (Fsp3) is 0.222. The van der Waals surface area contributed by atoms with E-state index in [1.54, 1.807) is 37.3 Å². The Morgan fingerprint density at radius 3 is 2.16 bits per heavy atom. The van der Waals surface area contributed by atoms with Gasteiger partial charge in [-0.3, -0.25) is 9.69 Å². The van der Waals surface area contributed by atoms with Crippen molar-refractivity contribution in [2.45, 2.75) is 25.2 Å². The first kappa shape index (κ1) is 17.0. The van der Waals surface area contributed by atoms with Crippen LogP contribution in [0.2, 0.25) is 0 Å². The number of carbonyl (C=O) groups is 2. The summed E-state index contributed by atoms with van der Waals surface area (Å²) in [5.74, 6) is -0.441. The second kappa shape index (κ2) is 5.91. The Kier molecular flexibility index (Phi) is 4.02. The third kappa shape index (κ3) is 3.09. The number of imide groups is 1. The average Bonchev–Trinajstić information content (AvgIpc) is 2.80. The minimum absolute atomic E-state index is 0.0920. The molecule has 1 atom stereocenters. The van der Waals surface area contributed by atoms with Crippen molar-refractivity contribution in [1.82, 2.24) is 10.2 Å². The van der Waals surface area contributed by atoms with E-state index in [1.165, 1.54) is 12.1 Å². The van der Waals surface area contributed by atoms with Gasteiger partial charge in [0, 0.05) is 0 Å². The van der Waals surface area contributed by atoms with Gasteiger partial charge in [-0.05, 0) is 30.2 Å². The van der Waals surface area contributed by atoms with Crippen LogP contribution in [0.1, 0.15) is 23.6 Å². The van der Waals surface area contributed by atoms with E-state index in [-0.39, 0.29) is 6.54 Å². The summed E-state index contributed by atoms with van der Waals surface area (Å²) < 4.78 is 37.8. The van der Waals surface area contributed by atoms with Gasteiger partial charge in [0.05, 0.1) is 12.1 Å². The first-order chi connectivity index (χ1) is 11.7. The zero-order valence-corrected chi connectivity index (χ0v) is 13.3. The fourth-order valence-corrected chi connectivity index (χ4v) is 2.79. The van der Waals surface area contributed by atoms with E-state index in [2.05, 4.69) is 5.32 Å². The van der Waals surface area contributed by atoms with E-state index >= 15 is 0 Å². The molecule has 2 aromatic carbocycles. The Hall–Kier alpha value is -2.83. The summed E-state index contributed by atoms with van der Waals surface area (Å²) in [7, 11) is 0. The molecule has 7 heteroatoms. The summed E-state index contributed by atoms with van der Waals surface area (Å²) >= 11 is 0. The van der Waals surface area contributed by atoms with Gasteiger partial charge in [0.25, 0.3) is 5.91 Å². The lowest BCUT2D eigenvalue weighted by Gasteiger charge is -2.22. The highest BCUT2D eigenvalue weighted by molar-refractivity contribution is 6.07. The summed E-state index contributed by atoms with van der Waals surface area (Å²) in [5, 5.41) is 2.66. The number of nitrogens with one attached hydrogen (secondary N) is 1. The van der Waals surface area contributed by atoms with Crippen LogP contribution in [0.3, 0.4) is 0 Å². The Bertz CT molecular complexity index is 803. The smallest absolute Gasteiger partial charge is 0.319 e. The molecule has 3 rings (SSSR count). The Labute approximate surface area is 142 Å². The molecular formula is C18H15F3N2O2. The van der Waals surface area contributed by atoms with E-state index in [1.807, 2.05) is 0 Å². The predicted octanol–water partition coefficient (Wildman–Crippen LogP) is 3.67. The van der Waals surface area contributed by atoms with Crippen LogP contribution in [0.15, 0.2) is 54.6 Å². The van der Waals surface area contributed by atoms with Crippen molar-refractivity contribution < 1.29 is 22.8 Å². The van der Waals surface area contributed by atoms with Crippen LogP contribution in [0.5, 0.6) is 0 Å². The maximum absolute atomic E-state index is 12.7. The van der Waals surface area contributed by atoms with Gasteiger partial charge in [-0.1, -0.05) is 42.5 Å². The second-order valence-electron chi connectivity index (χ2n) is 6.01. The Balaban J connectivity index is 1.82. The lowest BCUT2D eigenvalue weighted by molar-refractivity contribution is -0.137. The van der Waals surface area contributed by atoms with E-state index in [0.717, 1.165) is 17.0 Å². The van der Waals surface area contributed by atoms with Crippen LogP contribution < -0.4 is 5.32 Å². The molecule has 0 aliphatic carbocycles. The molecule has 0 spiro atoms. The Morgan fingerprint density at radius 1 is 1.00 bits per heavy atom. The van der Waals surface area contributed by atoms with E-state index < -0.39 is 29.2 Å². The standard InChI is InChI=1S/C18H15F3N2O2/c1-17(13-5-3-2-4-6-13)15(24)23(16(25)22-17)11-12-7-9-14(10-8-12)18(19,20)21/h2-10H,11H2,1H3,(H,22,25)/t17-/m0/s1. The summed E-state index contributed by atoms with van der Waals surface area (Å²) in [6.45, 7) is 1.51. The number of alkyl halides is 3. The molecule has 1 fully saturated rings. The number of nitrogens with zero attached hydrogens (tertiary/aromatic N) is 1. The number of rotatable bonds is 3. The van der Waals surface area contributed by atoms with Crippen LogP contribution in [0.25, 0.3) is 0 Å². The second-order valence-corrected chi connectivity index (χ2v) is 6.01. The number of hydrogen-bond acceptors (Lipinski definition) is 2. The van der Waals surface area contributed by atoms with Crippen LogP contribution in [-0.2, 0) is 23.1 Å². The largest absolute Gasteiger partial charge is 0.416 e. The summed E-state index contributed by atoms with van der Waals surface area (Å²) in [6, 6.07) is 12.6. The predicted molar refractivity (Wildman–Crippen MR) is 84.3 cm³/mol. The molecule has 0 aromatic heterocycles. The molecule has 1 aliphatic heterocycles. The van der Waals surface area contributed by atoms with Crippen LogP contribution in [0, 0.1) is 0 Å². The third-order valence-corrected chi connectivity index (χ3v) is 4.25. The maximum Gasteiger partial charge on any atom is 0.416 e. The third-order valence-electron chi connectivity index (χ3n) is 4.25. The topological polar surface area (TPSA) is 49.4 Å². The number of halogens is 3. The zero-order valence-electron chi connectivity index (χ0n) is 13.3. The van der Waals surface area contributed by atoms with Gasteiger partial charge in [-0.2, -0.15) is 13.2 Å². The van der Waals surface area contributed by atoms with Gasteiger partial charge in [0.15, 0.2) is 0 Å². The molecule has 2 aromatic rings. The van der Waals surface area contributed by atoms with Gasteiger partial charge in [-0.25, -0.2) is 4.79 Å². The van der Waals surface area contributed by atoms with Crippen molar-refractivity contribution >= 4 is 11.9 Å². The number of amides is 3. The normalized spacial score (nSPS) is 20.7. The molecule has 0 saturated carbocycles. The summed E-state index contributed by atoms with van der Waals surface area (Å²) in [4.78, 5) is 26.0. The van der Waals surface area contributed by atoms with Crippen molar-refractivity contribution in [3.63, 3.8) is 0 Å². The summed E-state index contributed by atoms with van der Waals surface area (Å²) in [6.07, 6.45) is -4.43. The molecule has 25 heavy (non-hydrogen) atoms. The molecule has 1 heterocycles. The first-order valence-electron chi connectivity index (χ1n) is 7.57. The van der Waals surface area contributed by atoms with Crippen LogP contribution >= 0.6 is 0 Å². The van der Waals surface area contributed by atoms with Crippen molar-refractivity contribution in [2.75, 3.05) is 0 Å². The quantitative estimate of drug-likeness (QED) is 0.861. The highest BCUT2D eigenvalue weighted by Crippen LogP contribution is 2.31. The molecule has 0 bridgehead atoms. The van der Waals surface area contributed by atoms with Crippen molar-refractivity contribution in [3.8, 4) is 0 Å². The molecule has 0 unspecified atom stereocenters. The van der Waals surface area contributed by atoms with Gasteiger partial charge in [0.1, 0.15) is 5.54 Å². The molecular weight excluding hydrogens is 333 g/mol. The van der Waals surface area contributed by atoms with Crippen molar-refractivity contribution in [3.05, 3.63) is 71.3 Å². The van der Waals surface area contributed by atoms with Gasteiger partial charge in [0.2, 0.25) is 0 Å². The number of benzene rings is 2. The van der Waals surface area contributed by atoms with E-state index in [0.29, 0.717) is 11.1 Å². The summed E-state index contributed by atoms with van der Waals surface area (Å²) in [5.41, 5.74) is -0.885. The highest BCUT2D eigenvalue weighted by Gasteiger charge is 2.48. The van der Waals surface area contributed by atoms with Gasteiger partial charge >= 0.3 is 12.2 Å². The minimum Gasteiger partial charge on any atom is -0.319 e. The van der Waals surface area contributed by atoms with Gasteiger partial charge < -0.3 is 5.32 Å². The molecule has 1 aliphatic rings. The average molecular weight is 348 g/mol. The molecule has 1 N–H and O–H groups in total. The number of urea groups is 1. The highest BCUT2D eigenvalue weighted by atomic mass is 19.4. The first-order valence-corrected chi connectivity index (χ1v) is 7.57. The maximum atomic E-state index is 12.7. The van der Waals surface area contributed by atoms with Crippen LogP contribution in [-0.4, -0.2) is 16.8 Å². The SMILES string of the molecule is C[C@@]1(c2ccccc2)NC(=O)N(Cc2ccc(C(F)(F)F)cc2)C1=O. The fourth-order valence-electron chi connectivity index (χ4n) is 2.79. The lowest BCUT2D eigenvalue weighted by Crippen LogP contribution is -2.40. The monoisotopic (exact) mass is 348 g/mol. The zero-order chi connectivity index (χ0) is 18.2. The molecule has 1 saturated heterocycles. The lowest BCUT2D eigenvalue weighted by atomic mass is 9.92. The van der Waals surface area contributed by atoms with Gasteiger partial charge in [-0.15, -0.1) is 0 Å². The molecule has 0 radical (unpaired) electrons.